The van der Waals surface area contributed by atoms with E-state index in [1.807, 2.05) is 18.4 Å². The van der Waals surface area contributed by atoms with Crippen molar-refractivity contribution in [3.8, 4) is 22.5 Å². The number of carboxylic acid groups (broad SMARTS) is 1. The Balaban J connectivity index is 2.00. The van der Waals surface area contributed by atoms with Gasteiger partial charge >= 0.3 is 5.97 Å². The molecule has 0 saturated heterocycles. The average molecular weight is 471 g/mol. The molecule has 2 atom stereocenters. The molecule has 0 saturated carbocycles. The fourth-order valence-electron chi connectivity index (χ4n) is 3.77. The maximum Gasteiger partial charge on any atom is 0.305 e. The monoisotopic (exact) mass is 470 g/mol. The molecule has 8 heteroatoms. The summed E-state index contributed by atoms with van der Waals surface area (Å²) in [7, 11) is 0. The lowest BCUT2D eigenvalue weighted by Crippen LogP contribution is -2.19. The predicted molar refractivity (Wildman–Crippen MR) is 125 cm³/mol. The highest BCUT2D eigenvalue weighted by atomic mass is 19.1. The molecule has 34 heavy (non-hydrogen) atoms. The van der Waals surface area contributed by atoms with Gasteiger partial charge in [-0.3, -0.25) is 4.79 Å². The van der Waals surface area contributed by atoms with E-state index in [-0.39, 0.29) is 24.0 Å². The van der Waals surface area contributed by atoms with Crippen LogP contribution in [0.3, 0.4) is 0 Å². The molecule has 6 nitrogen and oxygen atoms in total. The van der Waals surface area contributed by atoms with Crippen molar-refractivity contribution in [2.24, 2.45) is 0 Å². The van der Waals surface area contributed by atoms with Crippen molar-refractivity contribution in [2.45, 2.75) is 51.4 Å². The summed E-state index contributed by atoms with van der Waals surface area (Å²) in [4.78, 5) is 15.5. The van der Waals surface area contributed by atoms with Gasteiger partial charge in [-0.05, 0) is 48.5 Å². The highest BCUT2D eigenvalue weighted by Gasteiger charge is 2.21. The van der Waals surface area contributed by atoms with E-state index in [1.165, 1.54) is 30.3 Å². The standard InChI is InChI=1S/C26H28F2N2O4/c1-16(2)26-29-24(17-5-9-19(27)10-6-17)25(18-7-11-20(28)12-8-18)30(26)13-3-4-21(31)14-22(32)15-23(33)34/h3-12,16,21-22,31-32H,13-15H2,1-2H3,(H,33,34)/b4-3+. The molecule has 0 fully saturated rings. The van der Waals surface area contributed by atoms with Crippen molar-refractivity contribution in [1.29, 1.82) is 0 Å². The van der Waals surface area contributed by atoms with Crippen LogP contribution in [0.1, 0.15) is 38.4 Å². The van der Waals surface area contributed by atoms with Crippen LogP contribution in [0.15, 0.2) is 60.7 Å². The Kier molecular flexibility index (Phi) is 8.31. The molecule has 0 aliphatic heterocycles. The fourth-order valence-corrected chi connectivity index (χ4v) is 3.77. The molecule has 0 amide bonds. The number of imidazole rings is 1. The Labute approximate surface area is 196 Å². The smallest absolute Gasteiger partial charge is 0.305 e. The van der Waals surface area contributed by atoms with Gasteiger partial charge in [0, 0.05) is 30.0 Å². The molecular formula is C26H28F2N2O4. The topological polar surface area (TPSA) is 95.6 Å². The summed E-state index contributed by atoms with van der Waals surface area (Å²) in [6.07, 6.45) is 0.492. The molecule has 180 valence electrons. The van der Waals surface area contributed by atoms with Crippen molar-refractivity contribution in [3.63, 3.8) is 0 Å². The summed E-state index contributed by atoms with van der Waals surface area (Å²) < 4.78 is 29.1. The minimum Gasteiger partial charge on any atom is -0.481 e. The number of benzene rings is 2. The Bertz CT molecular complexity index is 1140. The van der Waals surface area contributed by atoms with Crippen LogP contribution in [0.25, 0.3) is 22.5 Å². The maximum atomic E-state index is 13.6. The Morgan fingerprint density at radius 2 is 1.56 bits per heavy atom. The van der Waals surface area contributed by atoms with E-state index in [9.17, 15) is 23.8 Å². The summed E-state index contributed by atoms with van der Waals surface area (Å²) in [5.74, 6) is -1.09. The van der Waals surface area contributed by atoms with E-state index in [1.54, 1.807) is 30.3 Å². The molecule has 3 N–H and O–H groups in total. The van der Waals surface area contributed by atoms with Crippen molar-refractivity contribution < 1.29 is 28.9 Å². The molecule has 3 aromatic rings. The normalized spacial score (nSPS) is 13.5. The Hall–Kier alpha value is -3.36. The minimum atomic E-state index is -1.16. The summed E-state index contributed by atoms with van der Waals surface area (Å²) in [5.41, 5.74) is 2.79. The predicted octanol–water partition coefficient (Wildman–Crippen LogP) is 4.76. The number of aromatic nitrogens is 2. The van der Waals surface area contributed by atoms with Gasteiger partial charge in [0.1, 0.15) is 17.5 Å². The van der Waals surface area contributed by atoms with Gasteiger partial charge in [0.15, 0.2) is 0 Å². The molecule has 1 aromatic heterocycles. The first-order chi connectivity index (χ1) is 16.2. The lowest BCUT2D eigenvalue weighted by Gasteiger charge is -2.14. The van der Waals surface area contributed by atoms with Crippen molar-refractivity contribution >= 4 is 5.97 Å². The number of halogens is 2. The SMILES string of the molecule is CC(C)c1nc(-c2ccc(F)cc2)c(-c2ccc(F)cc2)n1C/C=C/C(O)CC(O)CC(=O)O. The van der Waals surface area contributed by atoms with Gasteiger partial charge in [0.25, 0.3) is 0 Å². The van der Waals surface area contributed by atoms with E-state index < -0.39 is 24.6 Å². The van der Waals surface area contributed by atoms with E-state index in [0.717, 1.165) is 17.1 Å². The van der Waals surface area contributed by atoms with Crippen LogP contribution >= 0.6 is 0 Å². The summed E-state index contributed by atoms with van der Waals surface area (Å²) >= 11 is 0. The lowest BCUT2D eigenvalue weighted by molar-refractivity contribution is -0.139. The second-order valence-electron chi connectivity index (χ2n) is 8.43. The third-order valence-electron chi connectivity index (χ3n) is 5.32. The highest BCUT2D eigenvalue weighted by molar-refractivity contribution is 5.79. The van der Waals surface area contributed by atoms with Crippen LogP contribution in [0.5, 0.6) is 0 Å². The van der Waals surface area contributed by atoms with E-state index >= 15 is 0 Å². The number of rotatable bonds is 10. The third-order valence-corrected chi connectivity index (χ3v) is 5.32. The number of aliphatic hydroxyl groups excluding tert-OH is 2. The van der Waals surface area contributed by atoms with E-state index in [2.05, 4.69) is 0 Å². The van der Waals surface area contributed by atoms with Crippen LogP contribution in [-0.2, 0) is 11.3 Å². The first-order valence-electron chi connectivity index (χ1n) is 11.0. The molecule has 0 aliphatic rings. The molecule has 3 rings (SSSR count). The van der Waals surface area contributed by atoms with E-state index in [0.29, 0.717) is 17.8 Å². The molecule has 1 heterocycles. The van der Waals surface area contributed by atoms with Crippen LogP contribution in [-0.4, -0.2) is 43.0 Å². The zero-order valence-corrected chi connectivity index (χ0v) is 19.0. The number of nitrogens with zero attached hydrogens (tertiary/aromatic N) is 2. The van der Waals surface area contributed by atoms with Gasteiger partial charge in [-0.2, -0.15) is 0 Å². The Morgan fingerprint density at radius 3 is 2.09 bits per heavy atom. The maximum absolute atomic E-state index is 13.6. The minimum absolute atomic E-state index is 0.0316. The molecule has 0 radical (unpaired) electrons. The van der Waals surface area contributed by atoms with Crippen molar-refractivity contribution in [2.75, 3.05) is 0 Å². The molecule has 0 spiro atoms. The van der Waals surface area contributed by atoms with E-state index in [4.69, 9.17) is 10.1 Å². The first kappa shape index (κ1) is 25.3. The third kappa shape index (κ3) is 6.36. The van der Waals surface area contributed by atoms with Crippen LogP contribution in [0.2, 0.25) is 0 Å². The van der Waals surface area contributed by atoms with Gasteiger partial charge in [-0.15, -0.1) is 0 Å². The number of aliphatic hydroxyl groups is 2. The average Bonchev–Trinajstić information content (AvgIpc) is 3.14. The van der Waals surface area contributed by atoms with Crippen LogP contribution in [0, 0.1) is 11.6 Å². The zero-order chi connectivity index (χ0) is 24.8. The lowest BCUT2D eigenvalue weighted by atomic mass is 10.0. The zero-order valence-electron chi connectivity index (χ0n) is 19.0. The van der Waals surface area contributed by atoms with Gasteiger partial charge in [-0.1, -0.05) is 26.0 Å². The quantitative estimate of drug-likeness (QED) is 0.371. The molecular weight excluding hydrogens is 442 g/mol. The number of carboxylic acids is 1. The number of allylic oxidation sites excluding steroid dienone is 1. The van der Waals surface area contributed by atoms with Gasteiger partial charge in [-0.25, -0.2) is 13.8 Å². The largest absolute Gasteiger partial charge is 0.481 e. The number of aliphatic carboxylic acids is 1. The van der Waals surface area contributed by atoms with Gasteiger partial charge < -0.3 is 19.9 Å². The van der Waals surface area contributed by atoms with Gasteiger partial charge in [0.05, 0.1) is 30.0 Å². The molecule has 2 unspecified atom stereocenters. The molecule has 0 bridgehead atoms. The van der Waals surface area contributed by atoms with Crippen LogP contribution in [0.4, 0.5) is 8.78 Å². The Morgan fingerprint density at radius 1 is 1.00 bits per heavy atom. The van der Waals surface area contributed by atoms with Crippen molar-refractivity contribution in [3.05, 3.63) is 78.1 Å². The molecule has 2 aromatic carbocycles. The first-order valence-corrected chi connectivity index (χ1v) is 11.0. The highest BCUT2D eigenvalue weighted by Crippen LogP contribution is 2.35. The number of hydrogen-bond acceptors (Lipinski definition) is 4. The summed E-state index contributed by atoms with van der Waals surface area (Å²) in [6, 6.07) is 12.0. The van der Waals surface area contributed by atoms with Crippen molar-refractivity contribution in [1.82, 2.24) is 9.55 Å². The second kappa shape index (κ2) is 11.2. The van der Waals surface area contributed by atoms with Crippen LogP contribution < -0.4 is 0 Å². The van der Waals surface area contributed by atoms with Gasteiger partial charge in [0.2, 0.25) is 0 Å². The summed E-state index contributed by atoms with van der Waals surface area (Å²) in [5, 5.41) is 28.7. The summed E-state index contributed by atoms with van der Waals surface area (Å²) in [6.45, 7) is 4.30. The number of carbonyl (C=O) groups is 1. The number of hydrogen-bond donors (Lipinski definition) is 3. The second-order valence-corrected chi connectivity index (χ2v) is 8.43. The fraction of sp³-hybridized carbons (Fsp3) is 0.308. The molecule has 0 aliphatic carbocycles.